The molecule has 0 amide bonds. The quantitative estimate of drug-likeness (QED) is 0.846. The van der Waals surface area contributed by atoms with Crippen molar-refractivity contribution in [3.05, 3.63) is 16.1 Å². The smallest absolute Gasteiger partial charge is 0.309 e. The average molecular weight is 227 g/mol. The zero-order valence-electron chi connectivity index (χ0n) is 8.31. The summed E-state index contributed by atoms with van der Waals surface area (Å²) in [4.78, 5) is 14.7. The van der Waals surface area contributed by atoms with E-state index >= 15 is 0 Å². The van der Waals surface area contributed by atoms with E-state index in [1.54, 1.807) is 0 Å². The van der Waals surface area contributed by atoms with Gasteiger partial charge in [0, 0.05) is 18.4 Å². The number of nitrogens with zero attached hydrogens (tertiary/aromatic N) is 1. The number of rotatable bonds is 4. The van der Waals surface area contributed by atoms with Gasteiger partial charge in [-0.2, -0.15) is 0 Å². The number of aromatic nitrogens is 1. The Kier molecular flexibility index (Phi) is 3.33. The molecule has 0 radical (unpaired) electrons. The van der Waals surface area contributed by atoms with Gasteiger partial charge in [-0.25, -0.2) is 4.98 Å². The van der Waals surface area contributed by atoms with E-state index in [0.717, 1.165) is 30.9 Å². The first-order valence-corrected chi connectivity index (χ1v) is 5.88. The monoisotopic (exact) mass is 227 g/mol. The third kappa shape index (κ3) is 3.00. The molecule has 0 spiro atoms. The van der Waals surface area contributed by atoms with Crippen molar-refractivity contribution in [1.29, 1.82) is 0 Å². The SMILES string of the molecule is O=C(O)Cc1csc(CC2CCCO2)n1. The molecule has 0 aromatic carbocycles. The Bertz CT molecular complexity index is 344. The first kappa shape index (κ1) is 10.6. The molecule has 0 saturated carbocycles. The van der Waals surface area contributed by atoms with Crippen LogP contribution in [-0.2, 0) is 22.4 Å². The van der Waals surface area contributed by atoms with Gasteiger partial charge in [-0.05, 0) is 12.8 Å². The second-order valence-electron chi connectivity index (χ2n) is 3.64. The summed E-state index contributed by atoms with van der Waals surface area (Å²) in [6, 6.07) is 0. The average Bonchev–Trinajstić information content (AvgIpc) is 2.77. The lowest BCUT2D eigenvalue weighted by Gasteiger charge is -2.05. The summed E-state index contributed by atoms with van der Waals surface area (Å²) in [6.45, 7) is 0.845. The molecule has 1 aliphatic rings. The Balaban J connectivity index is 1.91. The first-order chi connectivity index (χ1) is 7.24. The van der Waals surface area contributed by atoms with Crippen molar-refractivity contribution < 1.29 is 14.6 Å². The number of hydrogen-bond acceptors (Lipinski definition) is 4. The molecule has 1 aromatic heterocycles. The van der Waals surface area contributed by atoms with Gasteiger partial charge in [0.15, 0.2) is 0 Å². The predicted octanol–water partition coefficient (Wildman–Crippen LogP) is 1.49. The summed E-state index contributed by atoms with van der Waals surface area (Å²) in [7, 11) is 0. The Morgan fingerprint density at radius 1 is 1.73 bits per heavy atom. The fraction of sp³-hybridized carbons (Fsp3) is 0.600. The zero-order valence-corrected chi connectivity index (χ0v) is 9.13. The highest BCUT2D eigenvalue weighted by Crippen LogP contribution is 2.19. The second kappa shape index (κ2) is 4.72. The van der Waals surface area contributed by atoms with Gasteiger partial charge in [0.25, 0.3) is 0 Å². The molecule has 82 valence electrons. The van der Waals surface area contributed by atoms with Gasteiger partial charge in [0.05, 0.1) is 23.2 Å². The predicted molar refractivity (Wildman–Crippen MR) is 56.1 cm³/mol. The van der Waals surface area contributed by atoms with Gasteiger partial charge < -0.3 is 9.84 Å². The highest BCUT2D eigenvalue weighted by Gasteiger charge is 2.17. The Morgan fingerprint density at radius 3 is 3.27 bits per heavy atom. The third-order valence-electron chi connectivity index (χ3n) is 2.36. The molecule has 1 aromatic rings. The molecule has 1 unspecified atom stereocenters. The Morgan fingerprint density at radius 2 is 2.60 bits per heavy atom. The van der Waals surface area contributed by atoms with Crippen molar-refractivity contribution in [3.63, 3.8) is 0 Å². The minimum Gasteiger partial charge on any atom is -0.481 e. The molecule has 1 aliphatic heterocycles. The molecule has 0 aliphatic carbocycles. The summed E-state index contributed by atoms with van der Waals surface area (Å²) >= 11 is 1.52. The van der Waals surface area contributed by atoms with Crippen molar-refractivity contribution in [3.8, 4) is 0 Å². The molecule has 4 nitrogen and oxygen atoms in total. The van der Waals surface area contributed by atoms with E-state index in [4.69, 9.17) is 9.84 Å². The number of hydrogen-bond donors (Lipinski definition) is 1. The molecule has 5 heteroatoms. The standard InChI is InChI=1S/C10H13NO3S/c12-10(13)4-7-6-15-9(11-7)5-8-2-1-3-14-8/h6,8H,1-5H2,(H,12,13). The van der Waals surface area contributed by atoms with Crippen molar-refractivity contribution in [2.45, 2.75) is 31.8 Å². The maximum Gasteiger partial charge on any atom is 0.309 e. The van der Waals surface area contributed by atoms with E-state index in [2.05, 4.69) is 4.98 Å². The van der Waals surface area contributed by atoms with E-state index in [1.165, 1.54) is 11.3 Å². The van der Waals surface area contributed by atoms with Crippen molar-refractivity contribution in [2.75, 3.05) is 6.61 Å². The molecule has 2 heterocycles. The van der Waals surface area contributed by atoms with E-state index < -0.39 is 5.97 Å². The van der Waals surface area contributed by atoms with Crippen molar-refractivity contribution in [2.24, 2.45) is 0 Å². The normalized spacial score (nSPS) is 20.7. The van der Waals surface area contributed by atoms with Gasteiger partial charge in [0.1, 0.15) is 0 Å². The van der Waals surface area contributed by atoms with Crippen LogP contribution in [0.15, 0.2) is 5.38 Å². The molecule has 2 rings (SSSR count). The Hall–Kier alpha value is -0.940. The van der Waals surface area contributed by atoms with Crippen LogP contribution in [0.2, 0.25) is 0 Å². The van der Waals surface area contributed by atoms with Crippen molar-refractivity contribution >= 4 is 17.3 Å². The summed E-state index contributed by atoms with van der Waals surface area (Å²) in [5, 5.41) is 11.4. The van der Waals surface area contributed by atoms with Gasteiger partial charge >= 0.3 is 5.97 Å². The summed E-state index contributed by atoms with van der Waals surface area (Å²) in [6.07, 6.45) is 3.34. The van der Waals surface area contributed by atoms with Crippen LogP contribution in [0, 0.1) is 0 Å². The van der Waals surface area contributed by atoms with E-state index in [0.29, 0.717) is 5.69 Å². The molecule has 1 atom stereocenters. The van der Waals surface area contributed by atoms with Gasteiger partial charge in [-0.15, -0.1) is 11.3 Å². The van der Waals surface area contributed by atoms with Gasteiger partial charge in [-0.1, -0.05) is 0 Å². The number of carbonyl (C=O) groups is 1. The highest BCUT2D eigenvalue weighted by atomic mass is 32.1. The van der Waals surface area contributed by atoms with E-state index in [9.17, 15) is 4.79 Å². The summed E-state index contributed by atoms with van der Waals surface area (Å²) in [5.74, 6) is -0.830. The lowest BCUT2D eigenvalue weighted by molar-refractivity contribution is -0.136. The van der Waals surface area contributed by atoms with Crippen LogP contribution in [0.5, 0.6) is 0 Å². The van der Waals surface area contributed by atoms with E-state index in [1.807, 2.05) is 5.38 Å². The van der Waals surface area contributed by atoms with Crippen LogP contribution in [0.1, 0.15) is 23.5 Å². The Labute approximate surface area is 91.9 Å². The maximum atomic E-state index is 10.5. The van der Waals surface area contributed by atoms with Crippen LogP contribution in [0.25, 0.3) is 0 Å². The fourth-order valence-corrected chi connectivity index (χ4v) is 2.54. The molecule has 1 fully saturated rings. The summed E-state index contributed by atoms with van der Waals surface area (Å²) in [5.41, 5.74) is 0.653. The number of carboxylic acid groups (broad SMARTS) is 1. The number of thiazole rings is 1. The highest BCUT2D eigenvalue weighted by molar-refractivity contribution is 7.09. The lowest BCUT2D eigenvalue weighted by Crippen LogP contribution is -2.08. The second-order valence-corrected chi connectivity index (χ2v) is 4.58. The van der Waals surface area contributed by atoms with Crippen LogP contribution < -0.4 is 0 Å². The topological polar surface area (TPSA) is 59.4 Å². The largest absolute Gasteiger partial charge is 0.481 e. The molecule has 0 bridgehead atoms. The maximum absolute atomic E-state index is 10.5. The fourth-order valence-electron chi connectivity index (χ4n) is 1.68. The van der Waals surface area contributed by atoms with Crippen LogP contribution >= 0.6 is 11.3 Å². The molecule has 15 heavy (non-hydrogen) atoms. The van der Waals surface area contributed by atoms with Crippen molar-refractivity contribution in [1.82, 2.24) is 4.98 Å². The number of ether oxygens (including phenoxy) is 1. The zero-order chi connectivity index (χ0) is 10.7. The van der Waals surface area contributed by atoms with Gasteiger partial charge in [0.2, 0.25) is 0 Å². The summed E-state index contributed by atoms with van der Waals surface area (Å²) < 4.78 is 5.50. The van der Waals surface area contributed by atoms with Crippen LogP contribution in [0.4, 0.5) is 0 Å². The van der Waals surface area contributed by atoms with Crippen LogP contribution in [-0.4, -0.2) is 28.8 Å². The molecule has 1 saturated heterocycles. The lowest BCUT2D eigenvalue weighted by atomic mass is 10.2. The number of aliphatic carboxylic acids is 1. The number of carboxylic acids is 1. The molecular formula is C10H13NO3S. The van der Waals surface area contributed by atoms with Crippen LogP contribution in [0.3, 0.4) is 0 Å². The van der Waals surface area contributed by atoms with E-state index in [-0.39, 0.29) is 12.5 Å². The third-order valence-corrected chi connectivity index (χ3v) is 3.28. The minimum atomic E-state index is -0.830. The molecular weight excluding hydrogens is 214 g/mol. The van der Waals surface area contributed by atoms with Gasteiger partial charge in [-0.3, -0.25) is 4.79 Å². The minimum absolute atomic E-state index is 0.0159. The molecule has 1 N–H and O–H groups in total. The first-order valence-electron chi connectivity index (χ1n) is 5.00.